The summed E-state index contributed by atoms with van der Waals surface area (Å²) >= 11 is 0. The summed E-state index contributed by atoms with van der Waals surface area (Å²) in [6.45, 7) is 2.79. The molecule has 3 nitrogen and oxygen atoms in total. The number of carbonyl (C=O) groups excluding carboxylic acids is 1. The van der Waals surface area contributed by atoms with E-state index in [9.17, 15) is 9.90 Å². The SMILES string of the molecule is Cc1cc(O)ccc1C(=O)N1CCC2CCCCC21. The Bertz CT molecular complexity index is 498. The number of aryl methyl sites for hydroxylation is 1. The highest BCUT2D eigenvalue weighted by Crippen LogP contribution is 2.37. The van der Waals surface area contributed by atoms with Crippen LogP contribution < -0.4 is 0 Å². The Morgan fingerprint density at radius 2 is 2.05 bits per heavy atom. The van der Waals surface area contributed by atoms with Gasteiger partial charge in [-0.05, 0) is 55.9 Å². The monoisotopic (exact) mass is 259 g/mol. The number of phenols is 1. The Balaban J connectivity index is 1.83. The standard InChI is InChI=1S/C16H21NO2/c1-11-10-13(18)6-7-14(11)16(19)17-9-8-12-4-2-3-5-15(12)17/h6-7,10,12,15,18H,2-5,8-9H2,1H3. The second-order valence-electron chi connectivity index (χ2n) is 5.90. The highest BCUT2D eigenvalue weighted by molar-refractivity contribution is 5.96. The van der Waals surface area contributed by atoms with Crippen LogP contribution in [0.3, 0.4) is 0 Å². The second-order valence-corrected chi connectivity index (χ2v) is 5.90. The van der Waals surface area contributed by atoms with Crippen molar-refractivity contribution < 1.29 is 9.90 Å². The van der Waals surface area contributed by atoms with Crippen molar-refractivity contribution in [1.82, 2.24) is 4.90 Å². The molecule has 1 aromatic rings. The summed E-state index contributed by atoms with van der Waals surface area (Å²) in [5.74, 6) is 1.09. The molecule has 3 rings (SSSR count). The lowest BCUT2D eigenvalue weighted by atomic mass is 9.85. The smallest absolute Gasteiger partial charge is 0.254 e. The molecular formula is C16H21NO2. The Morgan fingerprint density at radius 1 is 1.26 bits per heavy atom. The van der Waals surface area contributed by atoms with E-state index in [1.165, 1.54) is 19.3 Å². The number of rotatable bonds is 1. The molecule has 1 saturated carbocycles. The first-order valence-electron chi connectivity index (χ1n) is 7.27. The molecule has 102 valence electrons. The third-order valence-electron chi connectivity index (χ3n) is 4.71. The summed E-state index contributed by atoms with van der Waals surface area (Å²) in [7, 11) is 0. The van der Waals surface area contributed by atoms with Gasteiger partial charge in [-0.2, -0.15) is 0 Å². The zero-order chi connectivity index (χ0) is 13.4. The number of aromatic hydroxyl groups is 1. The van der Waals surface area contributed by atoms with E-state index in [1.54, 1.807) is 18.2 Å². The number of phenolic OH excluding ortho intramolecular Hbond substituents is 1. The normalized spacial score (nSPS) is 26.3. The maximum atomic E-state index is 12.7. The molecule has 0 bridgehead atoms. The van der Waals surface area contributed by atoms with Gasteiger partial charge in [0.15, 0.2) is 0 Å². The molecule has 3 heteroatoms. The zero-order valence-electron chi connectivity index (χ0n) is 11.4. The van der Waals surface area contributed by atoms with Crippen molar-refractivity contribution in [2.75, 3.05) is 6.54 Å². The minimum absolute atomic E-state index is 0.145. The minimum Gasteiger partial charge on any atom is -0.508 e. The van der Waals surface area contributed by atoms with Crippen molar-refractivity contribution in [2.24, 2.45) is 5.92 Å². The Labute approximate surface area is 114 Å². The van der Waals surface area contributed by atoms with Gasteiger partial charge in [-0.3, -0.25) is 4.79 Å². The van der Waals surface area contributed by atoms with Crippen molar-refractivity contribution in [3.05, 3.63) is 29.3 Å². The quantitative estimate of drug-likeness (QED) is 0.842. The summed E-state index contributed by atoms with van der Waals surface area (Å²) in [6.07, 6.45) is 6.17. The van der Waals surface area contributed by atoms with Gasteiger partial charge in [-0.15, -0.1) is 0 Å². The fourth-order valence-electron chi connectivity index (χ4n) is 3.70. The van der Waals surface area contributed by atoms with E-state index < -0.39 is 0 Å². The summed E-state index contributed by atoms with van der Waals surface area (Å²) in [5, 5.41) is 9.45. The lowest BCUT2D eigenvalue weighted by Crippen LogP contribution is -2.39. The molecule has 0 radical (unpaired) electrons. The molecule has 19 heavy (non-hydrogen) atoms. The summed E-state index contributed by atoms with van der Waals surface area (Å²) < 4.78 is 0. The van der Waals surface area contributed by atoms with E-state index in [1.807, 2.05) is 6.92 Å². The Hall–Kier alpha value is -1.51. The summed E-state index contributed by atoms with van der Waals surface area (Å²) in [5.41, 5.74) is 1.60. The maximum Gasteiger partial charge on any atom is 0.254 e. The number of hydrogen-bond donors (Lipinski definition) is 1. The molecule has 1 saturated heterocycles. The predicted molar refractivity (Wildman–Crippen MR) is 74.2 cm³/mol. The molecular weight excluding hydrogens is 238 g/mol. The first-order chi connectivity index (χ1) is 9.16. The van der Waals surface area contributed by atoms with Crippen molar-refractivity contribution in [1.29, 1.82) is 0 Å². The molecule has 1 aliphatic carbocycles. The molecule has 2 aliphatic rings. The van der Waals surface area contributed by atoms with Crippen LogP contribution >= 0.6 is 0 Å². The van der Waals surface area contributed by atoms with Gasteiger partial charge in [0.25, 0.3) is 5.91 Å². The zero-order valence-corrected chi connectivity index (χ0v) is 11.4. The van der Waals surface area contributed by atoms with Gasteiger partial charge in [0.2, 0.25) is 0 Å². The van der Waals surface area contributed by atoms with E-state index in [4.69, 9.17) is 0 Å². The fraction of sp³-hybridized carbons (Fsp3) is 0.562. The van der Waals surface area contributed by atoms with Crippen molar-refractivity contribution in [3.8, 4) is 5.75 Å². The minimum atomic E-state index is 0.145. The van der Waals surface area contributed by atoms with Crippen molar-refractivity contribution >= 4 is 5.91 Å². The largest absolute Gasteiger partial charge is 0.508 e. The van der Waals surface area contributed by atoms with Crippen LogP contribution in [0.15, 0.2) is 18.2 Å². The molecule has 2 unspecified atom stereocenters. The van der Waals surface area contributed by atoms with E-state index in [0.717, 1.165) is 36.4 Å². The number of likely N-dealkylation sites (tertiary alicyclic amines) is 1. The molecule has 0 spiro atoms. The number of benzene rings is 1. The highest BCUT2D eigenvalue weighted by Gasteiger charge is 2.38. The van der Waals surface area contributed by atoms with Gasteiger partial charge < -0.3 is 10.0 Å². The van der Waals surface area contributed by atoms with E-state index in [2.05, 4.69) is 4.90 Å². The molecule has 0 aromatic heterocycles. The van der Waals surface area contributed by atoms with Crippen LogP contribution in [0.25, 0.3) is 0 Å². The number of nitrogens with zero attached hydrogens (tertiary/aromatic N) is 1. The molecule has 1 aromatic carbocycles. The summed E-state index contributed by atoms with van der Waals surface area (Å²) in [6, 6.07) is 5.48. The first-order valence-corrected chi connectivity index (χ1v) is 7.27. The molecule has 1 N–H and O–H groups in total. The Morgan fingerprint density at radius 3 is 2.84 bits per heavy atom. The van der Waals surface area contributed by atoms with Gasteiger partial charge in [0, 0.05) is 18.2 Å². The van der Waals surface area contributed by atoms with Gasteiger partial charge in [-0.25, -0.2) is 0 Å². The predicted octanol–water partition coefficient (Wildman–Crippen LogP) is 3.11. The van der Waals surface area contributed by atoms with Gasteiger partial charge in [-0.1, -0.05) is 12.8 Å². The lowest BCUT2D eigenvalue weighted by molar-refractivity contribution is 0.0689. The van der Waals surface area contributed by atoms with Crippen LogP contribution in [-0.2, 0) is 0 Å². The summed E-state index contributed by atoms with van der Waals surface area (Å²) in [4.78, 5) is 14.8. The number of hydrogen-bond acceptors (Lipinski definition) is 2. The van der Waals surface area contributed by atoms with Crippen LogP contribution in [0, 0.1) is 12.8 Å². The lowest BCUT2D eigenvalue weighted by Gasteiger charge is -2.32. The van der Waals surface area contributed by atoms with Crippen LogP contribution in [0.5, 0.6) is 5.75 Å². The molecule has 2 atom stereocenters. The van der Waals surface area contributed by atoms with Gasteiger partial charge >= 0.3 is 0 Å². The fourth-order valence-corrected chi connectivity index (χ4v) is 3.70. The number of carbonyl (C=O) groups is 1. The van der Waals surface area contributed by atoms with Crippen molar-refractivity contribution in [3.63, 3.8) is 0 Å². The highest BCUT2D eigenvalue weighted by atomic mass is 16.3. The Kier molecular flexibility index (Phi) is 3.21. The topological polar surface area (TPSA) is 40.5 Å². The van der Waals surface area contributed by atoms with Crippen LogP contribution in [-0.4, -0.2) is 28.5 Å². The van der Waals surface area contributed by atoms with Crippen LogP contribution in [0.4, 0.5) is 0 Å². The van der Waals surface area contributed by atoms with Crippen LogP contribution in [0.2, 0.25) is 0 Å². The van der Waals surface area contributed by atoms with Gasteiger partial charge in [0.05, 0.1) is 0 Å². The molecule has 1 heterocycles. The van der Waals surface area contributed by atoms with E-state index in [-0.39, 0.29) is 11.7 Å². The van der Waals surface area contributed by atoms with E-state index in [0.29, 0.717) is 6.04 Å². The maximum absolute atomic E-state index is 12.7. The molecule has 1 aliphatic heterocycles. The number of amides is 1. The third kappa shape index (κ3) is 2.22. The average Bonchev–Trinajstić information content (AvgIpc) is 2.82. The van der Waals surface area contributed by atoms with E-state index >= 15 is 0 Å². The molecule has 1 amide bonds. The second kappa shape index (κ2) is 4.87. The average molecular weight is 259 g/mol. The third-order valence-corrected chi connectivity index (χ3v) is 4.71. The number of fused-ring (bicyclic) bond motifs is 1. The first kappa shape index (κ1) is 12.5. The van der Waals surface area contributed by atoms with Crippen molar-refractivity contribution in [2.45, 2.75) is 45.1 Å². The van der Waals surface area contributed by atoms with Crippen LogP contribution in [0.1, 0.15) is 48.0 Å². The molecule has 2 fully saturated rings. The van der Waals surface area contributed by atoms with Gasteiger partial charge in [0.1, 0.15) is 5.75 Å².